The van der Waals surface area contributed by atoms with Crippen LogP contribution in [-0.4, -0.2) is 39.9 Å². The van der Waals surface area contributed by atoms with Gasteiger partial charge >= 0.3 is 0 Å². The first kappa shape index (κ1) is 17.8. The topological polar surface area (TPSA) is 107 Å². The summed E-state index contributed by atoms with van der Waals surface area (Å²) < 4.78 is 12.3. The normalized spacial score (nSPS) is 12.4. The Hall–Kier alpha value is -3.62. The molecule has 28 heavy (non-hydrogen) atoms. The SMILES string of the molecule is CC(C)n1ncc2cc(NC(=O)CNC(=O)c3ccc4c(c3)OCO4)cnc21. The van der Waals surface area contributed by atoms with Crippen LogP contribution in [-0.2, 0) is 4.79 Å². The molecular formula is C19H19N5O4. The summed E-state index contributed by atoms with van der Waals surface area (Å²) in [6.45, 7) is 4.01. The Morgan fingerprint density at radius 2 is 2.00 bits per heavy atom. The third kappa shape index (κ3) is 3.46. The fourth-order valence-corrected chi connectivity index (χ4v) is 2.89. The van der Waals surface area contributed by atoms with E-state index in [2.05, 4.69) is 20.7 Å². The Morgan fingerprint density at radius 3 is 2.82 bits per heavy atom. The molecule has 3 aromatic rings. The van der Waals surface area contributed by atoms with Gasteiger partial charge in [-0.15, -0.1) is 0 Å². The van der Waals surface area contributed by atoms with Gasteiger partial charge in [0.25, 0.3) is 5.91 Å². The van der Waals surface area contributed by atoms with Gasteiger partial charge in [0.15, 0.2) is 17.1 Å². The van der Waals surface area contributed by atoms with Crippen molar-refractivity contribution in [2.24, 2.45) is 0 Å². The van der Waals surface area contributed by atoms with Crippen LogP contribution in [0.25, 0.3) is 11.0 Å². The summed E-state index contributed by atoms with van der Waals surface area (Å²) in [6.07, 6.45) is 3.28. The van der Waals surface area contributed by atoms with Crippen LogP contribution in [0.1, 0.15) is 30.2 Å². The van der Waals surface area contributed by atoms with Crippen molar-refractivity contribution in [3.05, 3.63) is 42.2 Å². The van der Waals surface area contributed by atoms with E-state index in [1.807, 2.05) is 18.5 Å². The van der Waals surface area contributed by atoms with Crippen LogP contribution in [0.2, 0.25) is 0 Å². The number of nitrogens with one attached hydrogen (secondary N) is 2. The molecule has 0 saturated carbocycles. The van der Waals surface area contributed by atoms with Crippen molar-refractivity contribution in [1.82, 2.24) is 20.1 Å². The van der Waals surface area contributed by atoms with Gasteiger partial charge in [0.05, 0.1) is 24.6 Å². The summed E-state index contributed by atoms with van der Waals surface area (Å²) in [5, 5.41) is 10.4. The molecule has 2 aromatic heterocycles. The molecule has 9 heteroatoms. The lowest BCUT2D eigenvalue weighted by Gasteiger charge is -2.08. The number of fused-ring (bicyclic) bond motifs is 2. The van der Waals surface area contributed by atoms with E-state index < -0.39 is 0 Å². The summed E-state index contributed by atoms with van der Waals surface area (Å²) in [4.78, 5) is 28.8. The molecule has 0 atom stereocenters. The molecule has 2 N–H and O–H groups in total. The molecule has 1 aliphatic rings. The average Bonchev–Trinajstić information content (AvgIpc) is 3.31. The van der Waals surface area contributed by atoms with Crippen molar-refractivity contribution in [3.8, 4) is 11.5 Å². The Kier molecular flexibility index (Phi) is 4.56. The van der Waals surface area contributed by atoms with Crippen molar-refractivity contribution in [3.63, 3.8) is 0 Å². The van der Waals surface area contributed by atoms with Crippen molar-refractivity contribution in [2.45, 2.75) is 19.9 Å². The van der Waals surface area contributed by atoms with Gasteiger partial charge in [0.2, 0.25) is 12.7 Å². The molecule has 0 aliphatic carbocycles. The number of ether oxygens (including phenoxy) is 2. The quantitative estimate of drug-likeness (QED) is 0.701. The maximum Gasteiger partial charge on any atom is 0.251 e. The fraction of sp³-hybridized carbons (Fsp3) is 0.263. The predicted octanol–water partition coefficient (Wildman–Crippen LogP) is 2.11. The van der Waals surface area contributed by atoms with Gasteiger partial charge in [0.1, 0.15) is 0 Å². The number of anilines is 1. The highest BCUT2D eigenvalue weighted by Crippen LogP contribution is 2.32. The van der Waals surface area contributed by atoms with Gasteiger partial charge in [0, 0.05) is 17.0 Å². The van der Waals surface area contributed by atoms with E-state index in [4.69, 9.17) is 9.47 Å². The number of benzene rings is 1. The van der Waals surface area contributed by atoms with Crippen LogP contribution < -0.4 is 20.1 Å². The Bertz CT molecular complexity index is 1060. The number of pyridine rings is 1. The molecule has 0 saturated heterocycles. The van der Waals surface area contributed by atoms with Crippen molar-refractivity contribution in [1.29, 1.82) is 0 Å². The molecule has 0 fully saturated rings. The van der Waals surface area contributed by atoms with E-state index >= 15 is 0 Å². The van der Waals surface area contributed by atoms with E-state index in [0.717, 1.165) is 11.0 Å². The van der Waals surface area contributed by atoms with Gasteiger partial charge in [-0.25, -0.2) is 9.67 Å². The standard InChI is InChI=1S/C19H19N5O4/c1-11(2)24-18-13(7-22-24)5-14(8-20-18)23-17(25)9-21-19(26)12-3-4-15-16(6-12)28-10-27-15/h3-8,11H,9-10H2,1-2H3,(H,21,26)(H,23,25). The smallest absolute Gasteiger partial charge is 0.251 e. The lowest BCUT2D eigenvalue weighted by molar-refractivity contribution is -0.115. The molecular weight excluding hydrogens is 362 g/mol. The minimum atomic E-state index is -0.375. The maximum absolute atomic E-state index is 12.2. The first-order valence-corrected chi connectivity index (χ1v) is 8.82. The minimum absolute atomic E-state index is 0.136. The second-order valence-corrected chi connectivity index (χ2v) is 6.62. The van der Waals surface area contributed by atoms with Gasteiger partial charge in [-0.1, -0.05) is 0 Å². The highest BCUT2D eigenvalue weighted by atomic mass is 16.7. The van der Waals surface area contributed by atoms with Crippen LogP contribution in [0, 0.1) is 0 Å². The third-order valence-electron chi connectivity index (χ3n) is 4.25. The lowest BCUT2D eigenvalue weighted by Crippen LogP contribution is -2.32. The number of aromatic nitrogens is 3. The Balaban J connectivity index is 1.36. The molecule has 4 rings (SSSR count). The Labute approximate surface area is 160 Å². The zero-order valence-corrected chi connectivity index (χ0v) is 15.4. The number of hydrogen-bond acceptors (Lipinski definition) is 6. The number of hydrogen-bond donors (Lipinski definition) is 2. The van der Waals surface area contributed by atoms with E-state index in [0.29, 0.717) is 22.7 Å². The summed E-state index contributed by atoms with van der Waals surface area (Å²) in [5.74, 6) is 0.378. The van der Waals surface area contributed by atoms with E-state index in [-0.39, 0.29) is 31.2 Å². The second-order valence-electron chi connectivity index (χ2n) is 6.62. The summed E-state index contributed by atoms with van der Waals surface area (Å²) in [7, 11) is 0. The maximum atomic E-state index is 12.2. The summed E-state index contributed by atoms with van der Waals surface area (Å²) >= 11 is 0. The monoisotopic (exact) mass is 381 g/mol. The fourth-order valence-electron chi connectivity index (χ4n) is 2.89. The first-order chi connectivity index (χ1) is 13.5. The van der Waals surface area contributed by atoms with E-state index in [1.54, 1.807) is 36.7 Å². The van der Waals surface area contributed by atoms with E-state index in [1.165, 1.54) is 0 Å². The zero-order valence-electron chi connectivity index (χ0n) is 15.4. The van der Waals surface area contributed by atoms with Gasteiger partial charge < -0.3 is 20.1 Å². The average molecular weight is 381 g/mol. The van der Waals surface area contributed by atoms with Gasteiger partial charge in [-0.2, -0.15) is 5.10 Å². The van der Waals surface area contributed by atoms with Crippen LogP contribution >= 0.6 is 0 Å². The largest absolute Gasteiger partial charge is 0.454 e. The molecule has 1 aromatic carbocycles. The van der Waals surface area contributed by atoms with Crippen LogP contribution in [0.4, 0.5) is 5.69 Å². The third-order valence-corrected chi connectivity index (χ3v) is 4.25. The van der Waals surface area contributed by atoms with Crippen LogP contribution in [0.15, 0.2) is 36.7 Å². The molecule has 0 unspecified atom stereocenters. The van der Waals surface area contributed by atoms with Gasteiger partial charge in [-0.05, 0) is 38.1 Å². The number of carbonyl (C=O) groups is 2. The molecule has 9 nitrogen and oxygen atoms in total. The van der Waals surface area contributed by atoms with Crippen molar-refractivity contribution >= 4 is 28.5 Å². The highest BCUT2D eigenvalue weighted by molar-refractivity contribution is 6.00. The Morgan fingerprint density at radius 1 is 1.18 bits per heavy atom. The van der Waals surface area contributed by atoms with E-state index in [9.17, 15) is 9.59 Å². The first-order valence-electron chi connectivity index (χ1n) is 8.82. The zero-order chi connectivity index (χ0) is 19.7. The lowest BCUT2D eigenvalue weighted by atomic mass is 10.2. The second kappa shape index (κ2) is 7.18. The highest BCUT2D eigenvalue weighted by Gasteiger charge is 2.17. The van der Waals surface area contributed by atoms with Crippen molar-refractivity contribution in [2.75, 3.05) is 18.7 Å². The summed E-state index contributed by atoms with van der Waals surface area (Å²) in [5.41, 5.74) is 1.68. The number of rotatable bonds is 5. The molecule has 144 valence electrons. The number of carbonyl (C=O) groups excluding carboxylic acids is 2. The number of amides is 2. The minimum Gasteiger partial charge on any atom is -0.454 e. The molecule has 0 radical (unpaired) electrons. The van der Waals surface area contributed by atoms with Crippen molar-refractivity contribution < 1.29 is 19.1 Å². The number of nitrogens with zero attached hydrogens (tertiary/aromatic N) is 3. The predicted molar refractivity (Wildman–Crippen MR) is 101 cm³/mol. The molecule has 0 spiro atoms. The van der Waals surface area contributed by atoms with Crippen LogP contribution in [0.3, 0.4) is 0 Å². The van der Waals surface area contributed by atoms with Crippen LogP contribution in [0.5, 0.6) is 11.5 Å². The molecule has 1 aliphatic heterocycles. The molecule has 2 amide bonds. The van der Waals surface area contributed by atoms with Gasteiger partial charge in [-0.3, -0.25) is 9.59 Å². The molecule has 0 bridgehead atoms. The molecule has 3 heterocycles. The summed E-state index contributed by atoms with van der Waals surface area (Å²) in [6, 6.07) is 6.85.